The molecule has 0 aromatic heterocycles. The minimum Gasteiger partial charge on any atom is -0.368 e. The smallest absolute Gasteiger partial charge is 0.222 e. The minimum absolute atomic E-state index is 0.357. The number of carbonyl (C=O) groups excluding carboxylic acids is 1. The van der Waals surface area contributed by atoms with Crippen molar-refractivity contribution in [3.8, 4) is 0 Å². The Morgan fingerprint density at radius 2 is 1.91 bits per heavy atom. The van der Waals surface area contributed by atoms with Gasteiger partial charge in [0.25, 0.3) is 0 Å². The molecule has 2 aliphatic heterocycles. The molecular weight excluding hydrogens is 274 g/mol. The van der Waals surface area contributed by atoms with Gasteiger partial charge in [0.15, 0.2) is 0 Å². The van der Waals surface area contributed by atoms with E-state index in [1.807, 2.05) is 0 Å². The highest BCUT2D eigenvalue weighted by Gasteiger charge is 2.24. The van der Waals surface area contributed by atoms with Crippen molar-refractivity contribution in [2.45, 2.75) is 26.2 Å². The van der Waals surface area contributed by atoms with Crippen molar-refractivity contribution in [3.05, 3.63) is 29.8 Å². The fourth-order valence-electron chi connectivity index (χ4n) is 3.50. The van der Waals surface area contributed by atoms with Gasteiger partial charge < -0.3 is 15.1 Å². The molecule has 22 heavy (non-hydrogen) atoms. The molecule has 2 aliphatic rings. The Balaban J connectivity index is 1.49. The molecule has 1 amide bonds. The van der Waals surface area contributed by atoms with Crippen molar-refractivity contribution < 1.29 is 4.79 Å². The van der Waals surface area contributed by atoms with E-state index in [1.54, 1.807) is 0 Å². The second-order valence-electron chi connectivity index (χ2n) is 6.60. The van der Waals surface area contributed by atoms with E-state index >= 15 is 0 Å². The van der Waals surface area contributed by atoms with Gasteiger partial charge >= 0.3 is 0 Å². The Labute approximate surface area is 133 Å². The summed E-state index contributed by atoms with van der Waals surface area (Å²) >= 11 is 0. The molecule has 0 aliphatic carbocycles. The zero-order valence-corrected chi connectivity index (χ0v) is 13.6. The number of benzene rings is 1. The van der Waals surface area contributed by atoms with Crippen LogP contribution in [-0.2, 0) is 4.79 Å². The number of aryl methyl sites for hydroxylation is 1. The van der Waals surface area contributed by atoms with E-state index in [9.17, 15) is 4.79 Å². The number of hydrogen-bond acceptors (Lipinski definition) is 3. The van der Waals surface area contributed by atoms with Gasteiger partial charge in [-0.3, -0.25) is 4.79 Å². The number of carbonyl (C=O) groups is 1. The quantitative estimate of drug-likeness (QED) is 0.928. The Kier molecular flexibility index (Phi) is 4.98. The molecule has 0 spiro atoms. The third-order valence-electron chi connectivity index (χ3n) is 4.92. The van der Waals surface area contributed by atoms with Crippen LogP contribution >= 0.6 is 0 Å². The van der Waals surface area contributed by atoms with Crippen LogP contribution in [0.25, 0.3) is 0 Å². The van der Waals surface area contributed by atoms with Crippen LogP contribution in [0.1, 0.15) is 24.8 Å². The average molecular weight is 301 g/mol. The van der Waals surface area contributed by atoms with Crippen LogP contribution in [0.15, 0.2) is 24.3 Å². The fourth-order valence-corrected chi connectivity index (χ4v) is 3.50. The van der Waals surface area contributed by atoms with Crippen LogP contribution < -0.4 is 10.2 Å². The molecule has 2 fully saturated rings. The summed E-state index contributed by atoms with van der Waals surface area (Å²) in [7, 11) is 0. The summed E-state index contributed by atoms with van der Waals surface area (Å²) in [6, 6.07) is 8.63. The van der Waals surface area contributed by atoms with Crippen molar-refractivity contribution in [3.63, 3.8) is 0 Å². The van der Waals surface area contributed by atoms with Gasteiger partial charge in [-0.1, -0.05) is 12.1 Å². The van der Waals surface area contributed by atoms with Gasteiger partial charge in [-0.25, -0.2) is 0 Å². The number of piperidine rings is 1. The Morgan fingerprint density at radius 1 is 1.18 bits per heavy atom. The molecule has 120 valence electrons. The molecule has 4 heteroatoms. The fraction of sp³-hybridized carbons (Fsp3) is 0.611. The van der Waals surface area contributed by atoms with E-state index in [4.69, 9.17) is 0 Å². The summed E-state index contributed by atoms with van der Waals surface area (Å²) in [6.45, 7) is 7.87. The van der Waals surface area contributed by atoms with E-state index in [0.29, 0.717) is 11.8 Å². The highest BCUT2D eigenvalue weighted by molar-refractivity contribution is 5.76. The predicted octanol–water partition coefficient (Wildman–Crippen LogP) is 2.03. The lowest BCUT2D eigenvalue weighted by Crippen LogP contribution is -2.49. The van der Waals surface area contributed by atoms with Crippen LogP contribution in [0.4, 0.5) is 5.69 Å². The number of hydrogen-bond donors (Lipinski definition) is 1. The summed E-state index contributed by atoms with van der Waals surface area (Å²) in [5.74, 6) is 0.944. The SMILES string of the molecule is Cc1cccc(N2CCN(C(=O)CC3CCNCC3)CC2)c1. The number of anilines is 1. The van der Waals surface area contributed by atoms with Crippen LogP contribution in [0.5, 0.6) is 0 Å². The topological polar surface area (TPSA) is 35.6 Å². The lowest BCUT2D eigenvalue weighted by atomic mass is 9.94. The first-order valence-electron chi connectivity index (χ1n) is 8.52. The molecule has 0 saturated carbocycles. The third-order valence-corrected chi connectivity index (χ3v) is 4.92. The van der Waals surface area contributed by atoms with Crippen LogP contribution in [0.2, 0.25) is 0 Å². The van der Waals surface area contributed by atoms with Gasteiger partial charge in [-0.05, 0) is 56.5 Å². The average Bonchev–Trinajstić information content (AvgIpc) is 2.56. The summed E-state index contributed by atoms with van der Waals surface area (Å²) in [6.07, 6.45) is 3.04. The molecule has 1 aromatic carbocycles. The van der Waals surface area contributed by atoms with Gasteiger partial charge in [-0.2, -0.15) is 0 Å². The highest BCUT2D eigenvalue weighted by Crippen LogP contribution is 2.20. The van der Waals surface area contributed by atoms with E-state index < -0.39 is 0 Å². The Hall–Kier alpha value is -1.55. The lowest BCUT2D eigenvalue weighted by Gasteiger charge is -2.37. The third kappa shape index (κ3) is 3.80. The normalized spacial score (nSPS) is 20.2. The molecule has 2 heterocycles. The largest absolute Gasteiger partial charge is 0.368 e. The van der Waals surface area contributed by atoms with Crippen molar-refractivity contribution in [1.29, 1.82) is 0 Å². The van der Waals surface area contributed by atoms with Gasteiger partial charge in [0.05, 0.1) is 0 Å². The first-order valence-corrected chi connectivity index (χ1v) is 8.52. The zero-order chi connectivity index (χ0) is 15.4. The number of nitrogens with zero attached hydrogens (tertiary/aromatic N) is 2. The van der Waals surface area contributed by atoms with Gasteiger partial charge in [-0.15, -0.1) is 0 Å². The molecule has 0 unspecified atom stereocenters. The number of amides is 1. The van der Waals surface area contributed by atoms with Crippen molar-refractivity contribution in [2.24, 2.45) is 5.92 Å². The summed E-state index contributed by atoms with van der Waals surface area (Å²) in [5.41, 5.74) is 2.58. The monoisotopic (exact) mass is 301 g/mol. The molecule has 0 bridgehead atoms. The lowest BCUT2D eigenvalue weighted by molar-refractivity contribution is -0.132. The molecule has 2 saturated heterocycles. The first kappa shape index (κ1) is 15.3. The second-order valence-corrected chi connectivity index (χ2v) is 6.60. The zero-order valence-electron chi connectivity index (χ0n) is 13.6. The maximum atomic E-state index is 12.5. The van der Waals surface area contributed by atoms with Crippen molar-refractivity contribution in [1.82, 2.24) is 10.2 Å². The van der Waals surface area contributed by atoms with Crippen LogP contribution in [0, 0.1) is 12.8 Å². The molecule has 4 nitrogen and oxygen atoms in total. The molecule has 0 atom stereocenters. The van der Waals surface area contributed by atoms with Crippen molar-refractivity contribution in [2.75, 3.05) is 44.2 Å². The van der Waals surface area contributed by atoms with Crippen molar-refractivity contribution >= 4 is 11.6 Å². The maximum absolute atomic E-state index is 12.5. The minimum atomic E-state index is 0.357. The first-order chi connectivity index (χ1) is 10.7. The predicted molar refractivity (Wildman–Crippen MR) is 90.2 cm³/mol. The number of nitrogens with one attached hydrogen (secondary N) is 1. The van der Waals surface area contributed by atoms with Gasteiger partial charge in [0, 0.05) is 38.3 Å². The molecule has 1 aromatic rings. The molecule has 1 N–H and O–H groups in total. The van der Waals surface area contributed by atoms with Gasteiger partial charge in [0.1, 0.15) is 0 Å². The van der Waals surface area contributed by atoms with E-state index in [2.05, 4.69) is 46.3 Å². The van der Waals surface area contributed by atoms with Crippen LogP contribution in [-0.4, -0.2) is 50.1 Å². The Bertz CT molecular complexity index is 503. The van der Waals surface area contributed by atoms with E-state index in [1.165, 1.54) is 11.3 Å². The van der Waals surface area contributed by atoms with Gasteiger partial charge in [0.2, 0.25) is 5.91 Å². The summed E-state index contributed by atoms with van der Waals surface area (Å²) in [4.78, 5) is 16.9. The maximum Gasteiger partial charge on any atom is 0.222 e. The standard InChI is InChI=1S/C18H27N3O/c1-15-3-2-4-17(13-15)20-9-11-21(12-10-20)18(22)14-16-5-7-19-8-6-16/h2-4,13,16,19H,5-12,14H2,1H3. The summed E-state index contributed by atoms with van der Waals surface area (Å²) in [5, 5.41) is 3.36. The van der Waals surface area contributed by atoms with Crippen LogP contribution in [0.3, 0.4) is 0 Å². The molecule has 3 rings (SSSR count). The molecule has 0 radical (unpaired) electrons. The number of rotatable bonds is 3. The van der Waals surface area contributed by atoms with E-state index in [-0.39, 0.29) is 0 Å². The number of piperazine rings is 1. The van der Waals surface area contributed by atoms with E-state index in [0.717, 1.165) is 58.5 Å². The Morgan fingerprint density at radius 3 is 2.59 bits per heavy atom. The molecular formula is C18H27N3O. The summed E-state index contributed by atoms with van der Waals surface area (Å²) < 4.78 is 0. The highest BCUT2D eigenvalue weighted by atomic mass is 16.2. The second kappa shape index (κ2) is 7.14.